The number of rotatable bonds is 19. The smallest absolute Gasteiger partial charge is 0.307 e. The predicted octanol–water partition coefficient (Wildman–Crippen LogP) is 5.53. The first-order valence-electron chi connectivity index (χ1n) is 12.5. The number of aliphatic carboxylic acids is 1. The lowest BCUT2D eigenvalue weighted by Gasteiger charge is -2.28. The Labute approximate surface area is 212 Å². The normalized spacial score (nSPS) is 14.9. The van der Waals surface area contributed by atoms with Gasteiger partial charge in [0.1, 0.15) is 6.54 Å². The van der Waals surface area contributed by atoms with E-state index in [4.69, 9.17) is 9.84 Å². The first-order valence-corrected chi connectivity index (χ1v) is 12.5. The van der Waals surface area contributed by atoms with Crippen LogP contribution in [-0.2, 0) is 14.3 Å². The molecule has 0 spiro atoms. The molecule has 35 heavy (non-hydrogen) atoms. The summed E-state index contributed by atoms with van der Waals surface area (Å²) in [7, 11) is 5.73. The van der Waals surface area contributed by atoms with Crippen molar-refractivity contribution in [2.45, 2.75) is 70.5 Å². The van der Waals surface area contributed by atoms with E-state index in [0.29, 0.717) is 11.0 Å². The quantitative estimate of drug-likeness (QED) is 0.108. The van der Waals surface area contributed by atoms with E-state index in [2.05, 4.69) is 55.5 Å². The lowest BCUT2D eigenvalue weighted by atomic mass is 10.1. The molecule has 0 saturated carbocycles. The van der Waals surface area contributed by atoms with Gasteiger partial charge in [0.25, 0.3) is 0 Å². The molecule has 2 atom stereocenters. The summed E-state index contributed by atoms with van der Waals surface area (Å²) in [6.07, 6.45) is 27.8. The number of likely N-dealkylation sites (N-methyl/N-ethyl adjacent to an activating group) is 1. The molecule has 0 rings (SSSR count). The van der Waals surface area contributed by atoms with Crippen molar-refractivity contribution in [3.05, 3.63) is 72.9 Å². The van der Waals surface area contributed by atoms with E-state index in [1.165, 1.54) is 0 Å². The molecule has 2 N–H and O–H groups in total. The van der Waals surface area contributed by atoms with Crippen LogP contribution in [0.5, 0.6) is 0 Å². The van der Waals surface area contributed by atoms with Crippen LogP contribution in [-0.4, -0.2) is 66.5 Å². The fraction of sp³-hybridized carbons (Fsp3) is 0.517. The molecule has 6 nitrogen and oxygen atoms in total. The highest BCUT2D eigenvalue weighted by Gasteiger charge is 2.24. The van der Waals surface area contributed by atoms with E-state index in [1.807, 2.05) is 33.3 Å². The van der Waals surface area contributed by atoms with Gasteiger partial charge in [-0.25, -0.2) is 0 Å². The molecule has 6 heteroatoms. The Morgan fingerprint density at radius 2 is 1.34 bits per heavy atom. The number of carboxylic acid groups (broad SMARTS) is 1. The average Bonchev–Trinajstić information content (AvgIpc) is 2.75. The number of esters is 1. The molecule has 0 radical (unpaired) electrons. The predicted molar refractivity (Wildman–Crippen MR) is 144 cm³/mol. The number of hydrogen-bond acceptors (Lipinski definition) is 4. The van der Waals surface area contributed by atoms with Gasteiger partial charge >= 0.3 is 11.9 Å². The van der Waals surface area contributed by atoms with E-state index in [-0.39, 0.29) is 19.3 Å². The van der Waals surface area contributed by atoms with Crippen LogP contribution < -0.4 is 0 Å². The largest absolute Gasteiger partial charge is 0.481 e. The van der Waals surface area contributed by atoms with Crippen LogP contribution in [0.1, 0.15) is 58.3 Å². The summed E-state index contributed by atoms with van der Waals surface area (Å²) < 4.78 is 5.81. The van der Waals surface area contributed by atoms with Crippen LogP contribution in [0.3, 0.4) is 0 Å². The van der Waals surface area contributed by atoms with Gasteiger partial charge in [-0.3, -0.25) is 9.59 Å². The van der Waals surface area contributed by atoms with Gasteiger partial charge in [0.15, 0.2) is 6.10 Å². The Hall–Kier alpha value is -2.70. The second-order valence-corrected chi connectivity index (χ2v) is 9.34. The molecule has 0 amide bonds. The molecule has 0 aromatic carbocycles. The van der Waals surface area contributed by atoms with Crippen molar-refractivity contribution in [2.24, 2.45) is 0 Å². The Bertz CT molecular complexity index is 754. The minimum absolute atomic E-state index is 0.0322. The molecule has 0 aromatic heterocycles. The maximum atomic E-state index is 12.1. The highest BCUT2D eigenvalue weighted by molar-refractivity contribution is 5.71. The first-order chi connectivity index (χ1) is 16.6. The Balaban J connectivity index is 4.08. The van der Waals surface area contributed by atoms with Crippen LogP contribution in [0.25, 0.3) is 0 Å². The van der Waals surface area contributed by atoms with Crippen molar-refractivity contribution in [3.63, 3.8) is 0 Å². The summed E-state index contributed by atoms with van der Waals surface area (Å²) in [5, 5.41) is 19.0. The van der Waals surface area contributed by atoms with Gasteiger partial charge in [-0.05, 0) is 38.5 Å². The highest BCUT2D eigenvalue weighted by atomic mass is 16.5. The lowest BCUT2D eigenvalue weighted by Crippen LogP contribution is -2.43. The number of quaternary nitrogens is 1. The lowest BCUT2D eigenvalue weighted by molar-refractivity contribution is -0.873. The molecule has 0 bridgehead atoms. The Morgan fingerprint density at radius 3 is 1.83 bits per heavy atom. The van der Waals surface area contributed by atoms with Crippen LogP contribution in [0.15, 0.2) is 72.9 Å². The summed E-state index contributed by atoms with van der Waals surface area (Å²) in [5.74, 6) is -1.50. The number of aliphatic hydroxyl groups excluding tert-OH is 1. The highest BCUT2D eigenvalue weighted by Crippen LogP contribution is 2.09. The zero-order valence-corrected chi connectivity index (χ0v) is 22.0. The summed E-state index contributed by atoms with van der Waals surface area (Å²) in [6, 6.07) is 0. The third-order valence-corrected chi connectivity index (χ3v) is 4.67. The minimum atomic E-state index is -1.00. The molecule has 0 aliphatic heterocycles. The second-order valence-electron chi connectivity index (χ2n) is 9.34. The molecule has 0 fully saturated rings. The number of aliphatic hydroxyl groups is 1. The van der Waals surface area contributed by atoms with Gasteiger partial charge in [-0.2, -0.15) is 0 Å². The molecule has 0 aliphatic rings. The monoisotopic (exact) mass is 488 g/mol. The number of hydrogen-bond donors (Lipinski definition) is 2. The molecule has 0 heterocycles. The van der Waals surface area contributed by atoms with Gasteiger partial charge in [0.2, 0.25) is 0 Å². The summed E-state index contributed by atoms with van der Waals surface area (Å²) in [4.78, 5) is 23.1. The van der Waals surface area contributed by atoms with Gasteiger partial charge in [0, 0.05) is 6.42 Å². The van der Waals surface area contributed by atoms with Crippen molar-refractivity contribution in [1.29, 1.82) is 0 Å². The first kappa shape index (κ1) is 32.3. The topological polar surface area (TPSA) is 83.8 Å². The van der Waals surface area contributed by atoms with E-state index in [0.717, 1.165) is 32.1 Å². The zero-order valence-electron chi connectivity index (χ0n) is 22.0. The SMILES string of the molecule is CC/C=C/C/C=C/C/C=C/C/C=C/C/C=C/C=C/C(O)CCC(=O)OC(CC(=O)O)C[N+](C)(C)C. The molecule has 2 unspecified atom stereocenters. The van der Waals surface area contributed by atoms with Crippen molar-refractivity contribution in [1.82, 2.24) is 0 Å². The molecule has 196 valence electrons. The second kappa shape index (κ2) is 20.7. The zero-order chi connectivity index (χ0) is 26.4. The van der Waals surface area contributed by atoms with Gasteiger partial charge < -0.3 is 19.4 Å². The maximum absolute atomic E-state index is 12.1. The maximum Gasteiger partial charge on any atom is 0.307 e. The van der Waals surface area contributed by atoms with Crippen molar-refractivity contribution >= 4 is 11.9 Å². The Kier molecular flexibility index (Phi) is 19.1. The van der Waals surface area contributed by atoms with Crippen molar-refractivity contribution in [2.75, 3.05) is 27.7 Å². The minimum Gasteiger partial charge on any atom is -0.481 e. The number of nitrogens with zero attached hydrogens (tertiary/aromatic N) is 1. The Morgan fingerprint density at radius 1 is 0.829 bits per heavy atom. The standard InChI is InChI=1S/C29H45NO5/c1-5-6-7-8-9-10-11-12-13-14-15-16-17-18-19-20-21-26(31)22-23-29(34)35-27(24-28(32)33)25-30(2,3)4/h6-7,9-10,12-13,15-16,18-21,26-27,31H,5,8,11,14,17,22-25H2,1-4H3/p+1/b7-6+,10-9+,13-12+,16-15+,19-18+,21-20+. The fourth-order valence-electron chi connectivity index (χ4n) is 3.06. The fourth-order valence-corrected chi connectivity index (χ4v) is 3.06. The summed E-state index contributed by atoms with van der Waals surface area (Å²) >= 11 is 0. The summed E-state index contributed by atoms with van der Waals surface area (Å²) in [5.41, 5.74) is 0. The van der Waals surface area contributed by atoms with Crippen LogP contribution in [0.2, 0.25) is 0 Å². The number of carbonyl (C=O) groups excluding carboxylic acids is 1. The number of carboxylic acids is 1. The molecular formula is C29H46NO5+. The van der Waals surface area contributed by atoms with Crippen molar-refractivity contribution in [3.8, 4) is 0 Å². The number of allylic oxidation sites excluding steroid dienone is 11. The molecular weight excluding hydrogens is 442 g/mol. The van der Waals surface area contributed by atoms with E-state index >= 15 is 0 Å². The van der Waals surface area contributed by atoms with Gasteiger partial charge in [0.05, 0.1) is 33.7 Å². The van der Waals surface area contributed by atoms with Gasteiger partial charge in [-0.1, -0.05) is 79.8 Å². The molecule has 0 aliphatic carbocycles. The molecule has 0 aromatic rings. The number of ether oxygens (including phenoxy) is 1. The van der Waals surface area contributed by atoms with Crippen molar-refractivity contribution < 1.29 is 29.0 Å². The van der Waals surface area contributed by atoms with E-state index in [1.54, 1.807) is 12.2 Å². The van der Waals surface area contributed by atoms with E-state index < -0.39 is 24.1 Å². The third kappa shape index (κ3) is 24.2. The summed E-state index contributed by atoms with van der Waals surface area (Å²) in [6.45, 7) is 2.54. The molecule has 0 saturated heterocycles. The van der Waals surface area contributed by atoms with Crippen LogP contribution in [0.4, 0.5) is 0 Å². The third-order valence-electron chi connectivity index (χ3n) is 4.67. The van der Waals surface area contributed by atoms with Crippen LogP contribution in [0, 0.1) is 0 Å². The average molecular weight is 489 g/mol. The van der Waals surface area contributed by atoms with E-state index in [9.17, 15) is 14.7 Å². The van der Waals surface area contributed by atoms with Crippen LogP contribution >= 0.6 is 0 Å². The number of carbonyl (C=O) groups is 2. The van der Waals surface area contributed by atoms with Gasteiger partial charge in [-0.15, -0.1) is 0 Å².